The fourth-order valence-corrected chi connectivity index (χ4v) is 9.57. The van der Waals surface area contributed by atoms with Gasteiger partial charge in [-0.05, 0) is 69.5 Å². The van der Waals surface area contributed by atoms with Gasteiger partial charge in [0.2, 0.25) is 27.8 Å². The number of benzene rings is 2. The zero-order valence-electron chi connectivity index (χ0n) is 33.4. The molecule has 0 radical (unpaired) electrons. The first kappa shape index (κ1) is 42.2. The Labute approximate surface area is 349 Å². The first-order chi connectivity index (χ1) is 28.9. The molecular weight excluding hydrogens is 822 g/mol. The van der Waals surface area contributed by atoms with Crippen molar-refractivity contribution >= 4 is 45.1 Å². The molecule has 3 fully saturated rings. The Morgan fingerprint density at radius 3 is 2.41 bits per heavy atom. The number of aromatic nitrogens is 4. The Kier molecular flexibility index (Phi) is 11.4. The minimum atomic E-state index is -4.75. The van der Waals surface area contributed by atoms with Crippen molar-refractivity contribution in [2.75, 3.05) is 43.1 Å². The molecule has 4 N–H and O–H groups in total. The zero-order chi connectivity index (χ0) is 43.3. The van der Waals surface area contributed by atoms with Crippen LogP contribution in [0.15, 0.2) is 66.0 Å². The Morgan fingerprint density at radius 1 is 0.984 bits per heavy atom. The zero-order valence-corrected chi connectivity index (χ0v) is 34.2. The van der Waals surface area contributed by atoms with Gasteiger partial charge in [-0.1, -0.05) is 6.07 Å². The maximum atomic E-state index is 13.9. The lowest BCUT2D eigenvalue weighted by atomic mass is 9.98. The van der Waals surface area contributed by atoms with Gasteiger partial charge in [0.05, 0.1) is 35.5 Å². The van der Waals surface area contributed by atoms with Gasteiger partial charge in [-0.15, -0.1) is 0 Å². The summed E-state index contributed by atoms with van der Waals surface area (Å²) in [6.07, 6.45) is 0.0962. The van der Waals surface area contributed by atoms with Gasteiger partial charge in [0.25, 0.3) is 5.91 Å². The number of ether oxygens (including phenoxy) is 1. The van der Waals surface area contributed by atoms with Gasteiger partial charge < -0.3 is 30.3 Å². The van der Waals surface area contributed by atoms with Crippen LogP contribution in [0.2, 0.25) is 0 Å². The number of rotatable bonds is 11. The van der Waals surface area contributed by atoms with Crippen LogP contribution < -0.4 is 20.9 Å². The fraction of sp³-hybridized carbons (Fsp3) is 0.450. The van der Waals surface area contributed by atoms with Crippen LogP contribution in [0.4, 0.5) is 30.5 Å². The van der Waals surface area contributed by atoms with Crippen molar-refractivity contribution in [3.63, 3.8) is 0 Å². The van der Waals surface area contributed by atoms with Gasteiger partial charge in [-0.3, -0.25) is 24.4 Å². The lowest BCUT2D eigenvalue weighted by Crippen LogP contribution is -2.61. The van der Waals surface area contributed by atoms with E-state index in [1.54, 1.807) is 19.9 Å². The van der Waals surface area contributed by atoms with E-state index in [9.17, 15) is 41.1 Å². The summed E-state index contributed by atoms with van der Waals surface area (Å²) in [7, 11) is -3.84. The summed E-state index contributed by atoms with van der Waals surface area (Å²) in [4.78, 5) is 49.4. The minimum absolute atomic E-state index is 0.0479. The molecule has 6 heterocycles. The summed E-state index contributed by atoms with van der Waals surface area (Å²) in [5.41, 5.74) is -0.0946. The molecule has 4 aromatic rings. The van der Waals surface area contributed by atoms with E-state index in [1.807, 2.05) is 12.1 Å². The second-order valence-corrected chi connectivity index (χ2v) is 18.2. The predicted molar refractivity (Wildman–Crippen MR) is 214 cm³/mol. The highest BCUT2D eigenvalue weighted by atomic mass is 32.2. The first-order valence-corrected chi connectivity index (χ1v) is 21.3. The van der Waals surface area contributed by atoms with Gasteiger partial charge in [0.15, 0.2) is 0 Å². The number of anilines is 3. The summed E-state index contributed by atoms with van der Waals surface area (Å²) in [6, 6.07) is 10.8. The molecule has 3 amide bonds. The standard InChI is InChI=1S/C40H45F3N10O7S/c1-39(2,57)22-51-18-24(16-45-51)35-31(40(41,42)43)17-44-38(49-35)47-25-6-8-28(9-7-25)61(58,59)52-14-12-26(13-15-52)46-27-19-50(20-27)32-5-3-4-29-30(32)21-60-23-53(37(29)56)33-10-11-34(54)48-36(33)55/h3-9,16-18,26-27,33,46,57H,10-15,19-23H2,1-2H3,(H,44,47,49)(H,48,54,55). The number of fused-ring (bicyclic) bond motifs is 1. The summed E-state index contributed by atoms with van der Waals surface area (Å²) < 4.78 is 77.7. The quantitative estimate of drug-likeness (QED) is 0.160. The summed E-state index contributed by atoms with van der Waals surface area (Å²) in [5.74, 6) is -1.32. The van der Waals surface area contributed by atoms with Gasteiger partial charge in [0, 0.05) is 85.1 Å². The molecule has 324 valence electrons. The Balaban J connectivity index is 0.847. The molecule has 61 heavy (non-hydrogen) atoms. The number of sulfonamides is 1. The van der Waals surface area contributed by atoms with Crippen molar-refractivity contribution in [2.24, 2.45) is 0 Å². The third-order valence-electron chi connectivity index (χ3n) is 11.2. The van der Waals surface area contributed by atoms with E-state index in [2.05, 4.69) is 35.9 Å². The van der Waals surface area contributed by atoms with Crippen molar-refractivity contribution in [3.05, 3.63) is 77.7 Å². The van der Waals surface area contributed by atoms with Crippen LogP contribution in [0.25, 0.3) is 11.3 Å². The Bertz CT molecular complexity index is 2430. The van der Waals surface area contributed by atoms with E-state index in [1.165, 1.54) is 50.5 Å². The van der Waals surface area contributed by atoms with E-state index < -0.39 is 45.0 Å². The summed E-state index contributed by atoms with van der Waals surface area (Å²) in [6.45, 7) is 5.23. The molecule has 2 aromatic carbocycles. The minimum Gasteiger partial charge on any atom is -0.389 e. The molecule has 1 unspecified atom stereocenters. The molecule has 17 nitrogen and oxygen atoms in total. The monoisotopic (exact) mass is 866 g/mol. The molecule has 8 rings (SSSR count). The molecule has 4 aliphatic rings. The average molecular weight is 867 g/mol. The topological polar surface area (TPSA) is 204 Å². The highest BCUT2D eigenvalue weighted by Gasteiger charge is 2.40. The largest absolute Gasteiger partial charge is 0.419 e. The van der Waals surface area contributed by atoms with Crippen LogP contribution >= 0.6 is 0 Å². The Morgan fingerprint density at radius 2 is 1.72 bits per heavy atom. The lowest BCUT2D eigenvalue weighted by Gasteiger charge is -2.45. The van der Waals surface area contributed by atoms with Crippen LogP contribution in [0, 0.1) is 0 Å². The number of hydrogen-bond donors (Lipinski definition) is 4. The smallest absolute Gasteiger partial charge is 0.389 e. The van der Waals surface area contributed by atoms with Gasteiger partial charge in [0.1, 0.15) is 18.3 Å². The van der Waals surface area contributed by atoms with Gasteiger partial charge >= 0.3 is 6.18 Å². The van der Waals surface area contributed by atoms with Crippen molar-refractivity contribution < 1.29 is 45.8 Å². The maximum Gasteiger partial charge on any atom is 0.419 e. The van der Waals surface area contributed by atoms with E-state index >= 15 is 0 Å². The van der Waals surface area contributed by atoms with Crippen LogP contribution in [0.1, 0.15) is 61.0 Å². The second-order valence-electron chi connectivity index (χ2n) is 16.3. The third-order valence-corrected chi connectivity index (χ3v) is 13.1. The number of aliphatic hydroxyl groups is 1. The molecule has 1 atom stereocenters. The van der Waals surface area contributed by atoms with Crippen molar-refractivity contribution in [1.82, 2.24) is 39.6 Å². The molecule has 0 aliphatic carbocycles. The summed E-state index contributed by atoms with van der Waals surface area (Å²) >= 11 is 0. The first-order valence-electron chi connectivity index (χ1n) is 19.8. The number of amides is 3. The number of carbonyl (C=O) groups is 3. The maximum absolute atomic E-state index is 13.9. The van der Waals surface area contributed by atoms with Crippen LogP contribution in [0.3, 0.4) is 0 Å². The highest BCUT2D eigenvalue weighted by Crippen LogP contribution is 2.37. The third kappa shape index (κ3) is 9.10. The lowest BCUT2D eigenvalue weighted by molar-refractivity contribution is -0.139. The molecule has 0 saturated carbocycles. The highest BCUT2D eigenvalue weighted by molar-refractivity contribution is 7.89. The number of piperidine rings is 2. The number of nitrogens with zero attached hydrogens (tertiary/aromatic N) is 7. The van der Waals surface area contributed by atoms with Crippen molar-refractivity contribution in [1.29, 1.82) is 0 Å². The molecular formula is C40H45F3N10O7S. The Hall–Kier alpha value is -5.48. The molecule has 3 saturated heterocycles. The second kappa shape index (κ2) is 16.4. The number of imide groups is 1. The normalized spacial score (nSPS) is 20.0. The van der Waals surface area contributed by atoms with E-state index in [0.29, 0.717) is 56.5 Å². The number of alkyl halides is 3. The van der Waals surface area contributed by atoms with Crippen molar-refractivity contribution in [3.8, 4) is 11.3 Å². The summed E-state index contributed by atoms with van der Waals surface area (Å²) in [5, 5.41) is 23.0. The van der Waals surface area contributed by atoms with Crippen LogP contribution in [-0.2, 0) is 43.7 Å². The average Bonchev–Trinajstić information content (AvgIpc) is 3.58. The molecule has 4 aliphatic heterocycles. The number of nitrogens with one attached hydrogen (secondary N) is 3. The fourth-order valence-electron chi connectivity index (χ4n) is 8.10. The molecule has 21 heteroatoms. The van der Waals surface area contributed by atoms with Gasteiger partial charge in [-0.25, -0.2) is 18.4 Å². The predicted octanol–water partition coefficient (Wildman–Crippen LogP) is 3.24. The van der Waals surface area contributed by atoms with E-state index in [0.717, 1.165) is 11.3 Å². The number of hydrogen-bond acceptors (Lipinski definition) is 13. The van der Waals surface area contributed by atoms with Crippen LogP contribution in [0.5, 0.6) is 0 Å². The number of halogens is 3. The van der Waals surface area contributed by atoms with E-state index in [-0.39, 0.29) is 73.0 Å². The molecule has 0 bridgehead atoms. The number of carbonyl (C=O) groups excluding carboxylic acids is 3. The molecule has 2 aromatic heterocycles. The van der Waals surface area contributed by atoms with E-state index in [4.69, 9.17) is 4.74 Å². The van der Waals surface area contributed by atoms with Gasteiger partial charge in [-0.2, -0.15) is 22.6 Å². The molecule has 0 spiro atoms. The SMILES string of the molecule is CC(C)(O)Cn1cc(-c2nc(Nc3ccc(S(=O)(=O)N4CCC(NC5CN(c6cccc7c6COCN(C6CCC(=O)NC6=O)C7=O)C5)CC4)cc3)ncc2C(F)(F)F)cn1. The van der Waals surface area contributed by atoms with Crippen LogP contribution in [-0.4, -0.2) is 117 Å². The van der Waals surface area contributed by atoms with Crippen molar-refractivity contribution in [2.45, 2.75) is 87.5 Å².